The molecule has 0 aromatic heterocycles. The maximum atomic E-state index is 13.1. The highest BCUT2D eigenvalue weighted by Crippen LogP contribution is 2.17. The number of benzene rings is 2. The van der Waals surface area contributed by atoms with E-state index in [2.05, 4.69) is 17.1 Å². The molecule has 28 heavy (non-hydrogen) atoms. The fourth-order valence-corrected chi connectivity index (χ4v) is 3.52. The van der Waals surface area contributed by atoms with Gasteiger partial charge in [-0.2, -0.15) is 0 Å². The summed E-state index contributed by atoms with van der Waals surface area (Å²) in [6, 6.07) is 12.1. The standard InChI is InChI=1S/C23H27FN2O2/c1-17-11-15-26(16-12-17)14-4-13-25-23(28)21-6-3-2-5-20(21)22(27)18-7-9-19(24)10-8-18/h2-3,5-10,17H,4,11-16H2,1H3,(H,25,28). The first-order valence-corrected chi connectivity index (χ1v) is 9.94. The van der Waals surface area contributed by atoms with E-state index in [1.807, 2.05) is 0 Å². The van der Waals surface area contributed by atoms with E-state index in [4.69, 9.17) is 0 Å². The van der Waals surface area contributed by atoms with Crippen LogP contribution in [0.5, 0.6) is 0 Å². The van der Waals surface area contributed by atoms with Gasteiger partial charge < -0.3 is 10.2 Å². The molecular weight excluding hydrogens is 355 g/mol. The van der Waals surface area contributed by atoms with Gasteiger partial charge in [-0.15, -0.1) is 0 Å². The number of hydrogen-bond donors (Lipinski definition) is 1. The van der Waals surface area contributed by atoms with Crippen LogP contribution in [0.15, 0.2) is 48.5 Å². The molecule has 2 aromatic carbocycles. The Morgan fingerprint density at radius 3 is 2.36 bits per heavy atom. The van der Waals surface area contributed by atoms with Gasteiger partial charge in [-0.3, -0.25) is 9.59 Å². The van der Waals surface area contributed by atoms with Crippen molar-refractivity contribution in [1.29, 1.82) is 0 Å². The van der Waals surface area contributed by atoms with Crippen molar-refractivity contribution < 1.29 is 14.0 Å². The third kappa shape index (κ3) is 5.26. The van der Waals surface area contributed by atoms with Crippen LogP contribution in [0.4, 0.5) is 4.39 Å². The van der Waals surface area contributed by atoms with Crippen LogP contribution in [0, 0.1) is 11.7 Å². The van der Waals surface area contributed by atoms with Crippen LogP contribution in [0.25, 0.3) is 0 Å². The van der Waals surface area contributed by atoms with Crippen molar-refractivity contribution in [2.24, 2.45) is 5.92 Å². The smallest absolute Gasteiger partial charge is 0.252 e. The Morgan fingerprint density at radius 1 is 1.04 bits per heavy atom. The average molecular weight is 382 g/mol. The number of amides is 1. The summed E-state index contributed by atoms with van der Waals surface area (Å²) in [6.45, 7) is 6.10. The fraction of sp³-hybridized carbons (Fsp3) is 0.391. The Kier molecular flexibility index (Phi) is 6.93. The van der Waals surface area contributed by atoms with Crippen LogP contribution in [0.1, 0.15) is 52.5 Å². The number of nitrogens with one attached hydrogen (secondary N) is 1. The minimum absolute atomic E-state index is 0.252. The second-order valence-corrected chi connectivity index (χ2v) is 7.52. The van der Waals surface area contributed by atoms with Crippen molar-refractivity contribution in [2.45, 2.75) is 26.2 Å². The Hall–Kier alpha value is -2.53. The Bertz CT molecular complexity index is 812. The number of likely N-dealkylation sites (tertiary alicyclic amines) is 1. The van der Waals surface area contributed by atoms with Gasteiger partial charge in [-0.1, -0.05) is 25.1 Å². The fourth-order valence-electron chi connectivity index (χ4n) is 3.52. The highest BCUT2D eigenvalue weighted by molar-refractivity contribution is 6.15. The van der Waals surface area contributed by atoms with E-state index in [1.165, 1.54) is 37.1 Å². The largest absolute Gasteiger partial charge is 0.352 e. The lowest BCUT2D eigenvalue weighted by Gasteiger charge is -2.30. The zero-order valence-electron chi connectivity index (χ0n) is 16.3. The highest BCUT2D eigenvalue weighted by Gasteiger charge is 2.18. The minimum Gasteiger partial charge on any atom is -0.352 e. The van der Waals surface area contributed by atoms with Crippen LogP contribution in [-0.2, 0) is 0 Å². The van der Waals surface area contributed by atoms with E-state index in [-0.39, 0.29) is 11.7 Å². The number of nitrogens with zero attached hydrogens (tertiary/aromatic N) is 1. The van der Waals surface area contributed by atoms with Gasteiger partial charge >= 0.3 is 0 Å². The molecule has 0 atom stereocenters. The number of rotatable bonds is 7. The van der Waals surface area contributed by atoms with E-state index in [0.717, 1.165) is 32.0 Å². The van der Waals surface area contributed by atoms with Gasteiger partial charge in [-0.25, -0.2) is 4.39 Å². The highest BCUT2D eigenvalue weighted by atomic mass is 19.1. The van der Waals surface area contributed by atoms with E-state index in [9.17, 15) is 14.0 Å². The first-order valence-electron chi connectivity index (χ1n) is 9.94. The van der Waals surface area contributed by atoms with Crippen LogP contribution < -0.4 is 5.32 Å². The molecule has 0 spiro atoms. The number of halogens is 1. The molecule has 3 rings (SSSR count). The Morgan fingerprint density at radius 2 is 1.68 bits per heavy atom. The molecule has 0 unspecified atom stereocenters. The topological polar surface area (TPSA) is 49.4 Å². The lowest BCUT2D eigenvalue weighted by molar-refractivity contribution is 0.0939. The summed E-state index contributed by atoms with van der Waals surface area (Å²) in [5.41, 5.74) is 1.04. The van der Waals surface area contributed by atoms with Crippen LogP contribution in [-0.4, -0.2) is 42.8 Å². The minimum atomic E-state index is -0.397. The molecule has 0 saturated carbocycles. The zero-order chi connectivity index (χ0) is 19.9. The van der Waals surface area contributed by atoms with Crippen molar-refractivity contribution in [3.63, 3.8) is 0 Å². The maximum absolute atomic E-state index is 13.1. The van der Waals surface area contributed by atoms with Crippen molar-refractivity contribution in [1.82, 2.24) is 10.2 Å². The van der Waals surface area contributed by atoms with Crippen LogP contribution in [0.3, 0.4) is 0 Å². The summed E-state index contributed by atoms with van der Waals surface area (Å²) in [7, 11) is 0. The molecule has 148 valence electrons. The van der Waals surface area contributed by atoms with Gasteiger partial charge in [0.05, 0.1) is 5.56 Å². The molecule has 5 heteroatoms. The second-order valence-electron chi connectivity index (χ2n) is 7.52. The predicted octanol–water partition coefficient (Wildman–Crippen LogP) is 3.91. The molecule has 1 saturated heterocycles. The summed E-state index contributed by atoms with van der Waals surface area (Å²) >= 11 is 0. The molecular formula is C23H27FN2O2. The molecule has 1 fully saturated rings. The first kappa shape index (κ1) is 20.2. The van der Waals surface area contributed by atoms with Crippen LogP contribution in [0.2, 0.25) is 0 Å². The van der Waals surface area contributed by atoms with Crippen LogP contribution >= 0.6 is 0 Å². The SMILES string of the molecule is CC1CCN(CCCNC(=O)c2ccccc2C(=O)c2ccc(F)cc2)CC1. The van der Waals surface area contributed by atoms with Gasteiger partial charge in [0.2, 0.25) is 0 Å². The van der Waals surface area contributed by atoms with E-state index >= 15 is 0 Å². The summed E-state index contributed by atoms with van der Waals surface area (Å²) in [6.07, 6.45) is 3.37. The average Bonchev–Trinajstić information content (AvgIpc) is 2.72. The van der Waals surface area contributed by atoms with E-state index < -0.39 is 5.82 Å². The van der Waals surface area contributed by atoms with Crippen molar-refractivity contribution in [2.75, 3.05) is 26.2 Å². The lowest BCUT2D eigenvalue weighted by Crippen LogP contribution is -2.35. The molecule has 1 amide bonds. The quantitative estimate of drug-likeness (QED) is 0.583. The molecule has 1 aliphatic heterocycles. The molecule has 0 aliphatic carbocycles. The number of carbonyl (C=O) groups is 2. The monoisotopic (exact) mass is 382 g/mol. The number of ketones is 1. The predicted molar refractivity (Wildman–Crippen MR) is 108 cm³/mol. The summed E-state index contributed by atoms with van der Waals surface area (Å²) in [4.78, 5) is 27.8. The van der Waals surface area contributed by atoms with Gasteiger partial charge in [-0.05, 0) is 75.1 Å². The Balaban J connectivity index is 1.56. The van der Waals surface area contributed by atoms with Gasteiger partial charge in [0, 0.05) is 17.7 Å². The third-order valence-electron chi connectivity index (χ3n) is 5.34. The second kappa shape index (κ2) is 9.60. The Labute approximate surface area is 165 Å². The number of piperidine rings is 1. The first-order chi connectivity index (χ1) is 13.5. The van der Waals surface area contributed by atoms with Crippen molar-refractivity contribution in [3.05, 3.63) is 71.0 Å². The van der Waals surface area contributed by atoms with Crippen molar-refractivity contribution >= 4 is 11.7 Å². The summed E-state index contributed by atoms with van der Waals surface area (Å²) in [5, 5.41) is 2.93. The maximum Gasteiger partial charge on any atom is 0.252 e. The summed E-state index contributed by atoms with van der Waals surface area (Å²) < 4.78 is 13.1. The van der Waals surface area contributed by atoms with E-state index in [0.29, 0.717) is 23.2 Å². The molecule has 4 nitrogen and oxygen atoms in total. The van der Waals surface area contributed by atoms with Gasteiger partial charge in [0.25, 0.3) is 5.91 Å². The van der Waals surface area contributed by atoms with Crippen molar-refractivity contribution in [3.8, 4) is 0 Å². The van der Waals surface area contributed by atoms with E-state index in [1.54, 1.807) is 24.3 Å². The zero-order valence-corrected chi connectivity index (χ0v) is 16.3. The lowest BCUT2D eigenvalue weighted by atomic mass is 9.98. The van der Waals surface area contributed by atoms with Gasteiger partial charge in [0.15, 0.2) is 5.78 Å². The molecule has 1 aliphatic rings. The summed E-state index contributed by atoms with van der Waals surface area (Å²) in [5.74, 6) is -0.122. The normalized spacial score (nSPS) is 15.4. The molecule has 0 bridgehead atoms. The number of carbonyl (C=O) groups excluding carboxylic acids is 2. The number of hydrogen-bond acceptors (Lipinski definition) is 3. The third-order valence-corrected chi connectivity index (χ3v) is 5.34. The molecule has 1 N–H and O–H groups in total. The molecule has 0 radical (unpaired) electrons. The van der Waals surface area contributed by atoms with Gasteiger partial charge in [0.1, 0.15) is 5.82 Å². The molecule has 1 heterocycles. The molecule has 2 aromatic rings.